The van der Waals surface area contributed by atoms with Crippen molar-refractivity contribution in [3.8, 4) is 11.5 Å². The van der Waals surface area contributed by atoms with Crippen LogP contribution in [0.3, 0.4) is 0 Å². The average Bonchev–Trinajstić information content (AvgIpc) is 2.84. The molecule has 1 saturated heterocycles. The number of piperidine rings is 1. The molecule has 2 aliphatic heterocycles. The maximum absolute atomic E-state index is 12.8. The molecule has 116 valence electrons. The Morgan fingerprint density at radius 2 is 2.36 bits per heavy atom. The summed E-state index contributed by atoms with van der Waals surface area (Å²) in [6.07, 6.45) is 0.415. The van der Waals surface area contributed by atoms with Crippen molar-refractivity contribution in [3.05, 3.63) is 23.3 Å². The molecule has 1 spiro atoms. The van der Waals surface area contributed by atoms with E-state index in [0.29, 0.717) is 24.3 Å². The van der Waals surface area contributed by atoms with Gasteiger partial charge in [-0.1, -0.05) is 6.07 Å². The number of benzene rings is 1. The Balaban J connectivity index is 1.90. The lowest BCUT2D eigenvalue weighted by Crippen LogP contribution is -2.65. The van der Waals surface area contributed by atoms with Crippen molar-refractivity contribution >= 4 is 5.78 Å². The molecule has 2 bridgehead atoms. The largest absolute Gasteiger partial charge is 0.493 e. The van der Waals surface area contributed by atoms with Crippen LogP contribution in [0.2, 0.25) is 0 Å². The molecule has 22 heavy (non-hydrogen) atoms. The fourth-order valence-corrected chi connectivity index (χ4v) is 5.09. The smallest absolute Gasteiger partial charge is 0.174 e. The van der Waals surface area contributed by atoms with Crippen LogP contribution in [0.1, 0.15) is 33.1 Å². The van der Waals surface area contributed by atoms with Crippen molar-refractivity contribution in [2.45, 2.75) is 43.2 Å². The summed E-state index contributed by atoms with van der Waals surface area (Å²) >= 11 is 0. The van der Waals surface area contributed by atoms with Crippen LogP contribution in [0.15, 0.2) is 12.1 Å². The third-order valence-electron chi connectivity index (χ3n) is 6.06. The first-order valence-electron chi connectivity index (χ1n) is 9.02. The Bertz CT molecular complexity index is 784. The molecular weight excluding hydrogens is 278 g/mol. The van der Waals surface area contributed by atoms with E-state index in [2.05, 4.69) is 11.9 Å². The quantitative estimate of drug-likeness (QED) is 0.794. The Morgan fingerprint density at radius 1 is 1.50 bits per heavy atom. The number of carbonyl (C=O) groups excluding carboxylic acids is 1. The highest BCUT2D eigenvalue weighted by Crippen LogP contribution is 2.62. The van der Waals surface area contributed by atoms with Gasteiger partial charge in [-0.15, -0.1) is 0 Å². The molecule has 1 aromatic rings. The first-order chi connectivity index (χ1) is 11.4. The number of nitrogens with zero attached hydrogens (tertiary/aromatic N) is 1. The molecule has 1 saturated carbocycles. The van der Waals surface area contributed by atoms with Gasteiger partial charge in [0.1, 0.15) is 0 Å². The van der Waals surface area contributed by atoms with E-state index < -0.39 is 17.4 Å². The Labute approximate surface area is 133 Å². The monoisotopic (exact) mass is 301 g/mol. The second-order valence-electron chi connectivity index (χ2n) is 6.87. The summed E-state index contributed by atoms with van der Waals surface area (Å²) in [6.45, 7) is 0.776. The van der Waals surface area contributed by atoms with Crippen LogP contribution in [-0.2, 0) is 16.6 Å². The molecule has 2 aliphatic carbocycles. The minimum atomic E-state index is -1.70. The van der Waals surface area contributed by atoms with E-state index in [9.17, 15) is 6.17 Å². The number of rotatable bonds is 1. The molecule has 4 aliphatic rings. The number of likely N-dealkylation sites (tertiary alicyclic amines) is 1. The van der Waals surface area contributed by atoms with Crippen LogP contribution < -0.4 is 9.47 Å². The van der Waals surface area contributed by atoms with Crippen molar-refractivity contribution < 1.29 is 17.0 Å². The van der Waals surface area contributed by atoms with E-state index in [0.717, 1.165) is 24.1 Å². The average molecular weight is 301 g/mol. The predicted octanol–water partition coefficient (Wildman–Crippen LogP) is 1.93. The van der Waals surface area contributed by atoms with Crippen molar-refractivity contribution in [1.29, 1.82) is 0 Å². The summed E-state index contributed by atoms with van der Waals surface area (Å²) in [5.41, 5.74) is 1.13. The molecule has 4 heteroatoms. The maximum Gasteiger partial charge on any atom is 0.174 e. The van der Waals surface area contributed by atoms with Crippen molar-refractivity contribution in [2.75, 3.05) is 20.7 Å². The highest BCUT2D eigenvalue weighted by molar-refractivity contribution is 5.89. The van der Waals surface area contributed by atoms with Crippen LogP contribution in [0.25, 0.3) is 0 Å². The van der Waals surface area contributed by atoms with E-state index in [1.807, 2.05) is 12.1 Å². The Morgan fingerprint density at radius 3 is 3.18 bits per heavy atom. The normalized spacial score (nSPS) is 46.5. The fraction of sp³-hybridized carbons (Fsp3) is 0.611. The van der Waals surface area contributed by atoms with Gasteiger partial charge in [-0.25, -0.2) is 0 Å². The molecule has 1 unspecified atom stereocenters. The van der Waals surface area contributed by atoms with Gasteiger partial charge in [-0.3, -0.25) is 4.79 Å². The number of ketones is 1. The summed E-state index contributed by atoms with van der Waals surface area (Å²) in [4.78, 5) is 15.1. The van der Waals surface area contributed by atoms with Crippen LogP contribution in [-0.4, -0.2) is 43.5 Å². The second-order valence-corrected chi connectivity index (χ2v) is 6.87. The predicted molar refractivity (Wildman–Crippen MR) is 81.6 cm³/mol. The minimum absolute atomic E-state index is 0.0134. The summed E-state index contributed by atoms with van der Waals surface area (Å²) in [7, 11) is 3.63. The molecule has 4 atom stereocenters. The molecule has 2 fully saturated rings. The zero-order valence-electron chi connectivity index (χ0n) is 14.9. The number of hydrogen-bond donors (Lipinski definition) is 0. The molecule has 4 nitrogen and oxygen atoms in total. The third kappa shape index (κ3) is 1.27. The van der Waals surface area contributed by atoms with Crippen LogP contribution in [0.5, 0.6) is 11.5 Å². The number of hydrogen-bond acceptors (Lipinski definition) is 4. The Kier molecular flexibility index (Phi) is 2.03. The molecule has 0 N–H and O–H groups in total. The number of Topliss-reactive ketones (excluding diaryl/α,β-unsaturated/α-hetero) is 1. The summed E-state index contributed by atoms with van der Waals surface area (Å²) in [5, 5.41) is 0. The Hall–Kier alpha value is -1.55. The molecule has 2 heterocycles. The van der Waals surface area contributed by atoms with E-state index >= 15 is 0 Å². The van der Waals surface area contributed by atoms with Crippen LogP contribution >= 0.6 is 0 Å². The van der Waals surface area contributed by atoms with Gasteiger partial charge < -0.3 is 14.4 Å². The molecule has 0 radical (unpaired) electrons. The summed E-state index contributed by atoms with van der Waals surface area (Å²) in [5.74, 6) is 0.0247. The van der Waals surface area contributed by atoms with Crippen molar-refractivity contribution in [3.63, 3.8) is 0 Å². The lowest BCUT2D eigenvalue weighted by atomic mass is 9.52. The van der Waals surface area contributed by atoms with Crippen LogP contribution in [0, 0.1) is 5.89 Å². The molecule has 1 aromatic carbocycles. The second kappa shape index (κ2) is 4.05. The summed E-state index contributed by atoms with van der Waals surface area (Å²) < 4.78 is 30.0. The van der Waals surface area contributed by atoms with Gasteiger partial charge in [0.2, 0.25) is 0 Å². The summed E-state index contributed by atoms with van der Waals surface area (Å²) in [6, 6.07) is 3.90. The minimum Gasteiger partial charge on any atom is -0.493 e. The maximum atomic E-state index is 12.8. The fourth-order valence-electron chi connectivity index (χ4n) is 5.09. The van der Waals surface area contributed by atoms with Gasteiger partial charge in [0.05, 0.1) is 8.48 Å². The molecule has 0 amide bonds. The number of methoxy groups -OCH3 is 1. The number of carbonyl (C=O) groups is 1. The van der Waals surface area contributed by atoms with Gasteiger partial charge in [0.25, 0.3) is 0 Å². The third-order valence-corrected chi connectivity index (χ3v) is 6.06. The molecule has 5 rings (SSSR count). The number of ether oxygens (including phenoxy) is 2. The highest BCUT2D eigenvalue weighted by atomic mass is 16.5. The first-order valence-corrected chi connectivity index (χ1v) is 8.02. The number of likely N-dealkylation sites (N-methyl/N-ethyl adjacent to an activating group) is 1. The van der Waals surface area contributed by atoms with Crippen LogP contribution in [0.4, 0.5) is 0 Å². The van der Waals surface area contributed by atoms with Crippen molar-refractivity contribution in [1.82, 2.24) is 4.90 Å². The van der Waals surface area contributed by atoms with Gasteiger partial charge >= 0.3 is 0 Å². The highest BCUT2D eigenvalue weighted by Gasteiger charge is 2.65. The zero-order chi connectivity index (χ0) is 16.9. The van der Waals surface area contributed by atoms with E-state index in [1.165, 1.54) is 0 Å². The van der Waals surface area contributed by atoms with Gasteiger partial charge in [-0.05, 0) is 50.4 Å². The molecular formula is C18H21NO3. The van der Waals surface area contributed by atoms with E-state index in [1.54, 1.807) is 7.11 Å². The van der Waals surface area contributed by atoms with E-state index in [-0.39, 0.29) is 18.2 Å². The van der Waals surface area contributed by atoms with Gasteiger partial charge in [0, 0.05) is 24.8 Å². The first kappa shape index (κ1) is 11.1. The van der Waals surface area contributed by atoms with Gasteiger partial charge in [0.15, 0.2) is 23.4 Å². The lowest BCUT2D eigenvalue weighted by Gasteiger charge is -2.57. The van der Waals surface area contributed by atoms with Crippen molar-refractivity contribution in [2.24, 2.45) is 5.89 Å². The SMILES string of the molecule is [2H]C12Oc3c(OC)ccc4c3[C@@]13CCN(C)[C@H](C4)[C@]3([2H])CCC2=O. The van der Waals surface area contributed by atoms with E-state index in [4.69, 9.17) is 10.8 Å². The van der Waals surface area contributed by atoms with Gasteiger partial charge in [-0.2, -0.15) is 0 Å². The lowest BCUT2D eigenvalue weighted by molar-refractivity contribution is -0.138. The molecule has 0 aromatic heterocycles. The standard InChI is InChI=1S/C18H21NO3/c1-19-8-7-18-11-4-5-13(20)17(18)22-16-14(21-2)6-3-10(15(16)18)9-12(11)19/h3,6,11-12,17H,4-5,7-9H2,1-2H3/t11-,12+,17?,18-/m0/s1/i11D,17D. The topological polar surface area (TPSA) is 38.8 Å². The zero-order valence-corrected chi connectivity index (χ0v) is 12.9.